The molecule has 1 unspecified atom stereocenters. The van der Waals surface area contributed by atoms with Gasteiger partial charge in [0.2, 0.25) is 0 Å². The second kappa shape index (κ2) is 15.7. The quantitative estimate of drug-likeness (QED) is 0.213. The molecular weight excluding hydrogens is 419 g/mol. The van der Waals surface area contributed by atoms with E-state index in [2.05, 4.69) is 12.2 Å². The van der Waals surface area contributed by atoms with E-state index in [1.807, 2.05) is 0 Å². The highest BCUT2D eigenvalue weighted by Crippen LogP contribution is 2.29. The molecule has 4 nitrogen and oxygen atoms in total. The third-order valence-electron chi connectivity index (χ3n) is 5.40. The molecule has 1 aromatic carbocycles. The Labute approximate surface area is 190 Å². The highest BCUT2D eigenvalue weighted by atomic mass is 19.4. The van der Waals surface area contributed by atoms with Crippen LogP contribution < -0.4 is 5.32 Å². The van der Waals surface area contributed by atoms with Gasteiger partial charge in [-0.15, -0.1) is 0 Å². The summed E-state index contributed by atoms with van der Waals surface area (Å²) in [6, 6.07) is 3.15. The lowest BCUT2D eigenvalue weighted by Gasteiger charge is -2.14. The first kappa shape index (κ1) is 28.0. The van der Waals surface area contributed by atoms with Crippen molar-refractivity contribution >= 4 is 11.9 Å². The average molecular weight is 458 g/mol. The Morgan fingerprint density at radius 2 is 1.44 bits per heavy atom. The second-order valence-corrected chi connectivity index (χ2v) is 8.33. The minimum atomic E-state index is -4.53. The van der Waals surface area contributed by atoms with Crippen molar-refractivity contribution < 1.29 is 27.5 Å². The smallest absolute Gasteiger partial charge is 0.416 e. The number of esters is 1. The summed E-state index contributed by atoms with van der Waals surface area (Å²) in [5.74, 6) is -1.33. The lowest BCUT2D eigenvalue weighted by atomic mass is 10.1. The number of ether oxygens (including phenoxy) is 1. The maximum Gasteiger partial charge on any atom is 0.416 e. The van der Waals surface area contributed by atoms with Crippen LogP contribution in [0.15, 0.2) is 24.3 Å². The predicted molar refractivity (Wildman–Crippen MR) is 120 cm³/mol. The molecule has 182 valence electrons. The largest absolute Gasteiger partial charge is 0.464 e. The second-order valence-electron chi connectivity index (χ2n) is 8.33. The van der Waals surface area contributed by atoms with Crippen LogP contribution in [0.3, 0.4) is 0 Å². The van der Waals surface area contributed by atoms with Crippen molar-refractivity contribution in [2.45, 2.75) is 103 Å². The van der Waals surface area contributed by atoms with Crippen LogP contribution in [0.1, 0.15) is 107 Å². The molecular formula is C25H38F3NO3. The molecule has 32 heavy (non-hydrogen) atoms. The number of unbranched alkanes of at least 4 members (excludes halogenated alkanes) is 11. The molecule has 0 saturated carbocycles. The summed E-state index contributed by atoms with van der Waals surface area (Å²) < 4.78 is 43.5. The Morgan fingerprint density at radius 1 is 0.906 bits per heavy atom. The summed E-state index contributed by atoms with van der Waals surface area (Å²) in [5.41, 5.74) is -1.06. The minimum absolute atomic E-state index is 0.152. The average Bonchev–Trinajstić information content (AvgIpc) is 2.76. The highest BCUT2D eigenvalue weighted by Gasteiger charge is 2.31. The van der Waals surface area contributed by atoms with E-state index in [0.717, 1.165) is 37.5 Å². The molecule has 0 fully saturated rings. The van der Waals surface area contributed by atoms with Crippen LogP contribution in [0.2, 0.25) is 0 Å². The van der Waals surface area contributed by atoms with Crippen molar-refractivity contribution in [2.75, 3.05) is 6.61 Å². The molecule has 7 heteroatoms. The van der Waals surface area contributed by atoms with Crippen LogP contribution in [0, 0.1) is 0 Å². The first-order chi connectivity index (χ1) is 15.3. The number of amides is 1. The van der Waals surface area contributed by atoms with Crippen LogP contribution >= 0.6 is 0 Å². The number of nitrogens with one attached hydrogen (secondary N) is 1. The third kappa shape index (κ3) is 12.1. The Balaban J connectivity index is 2.13. The number of halogens is 3. The zero-order chi connectivity index (χ0) is 23.8. The van der Waals surface area contributed by atoms with Gasteiger partial charge < -0.3 is 10.1 Å². The van der Waals surface area contributed by atoms with Crippen molar-refractivity contribution in [1.29, 1.82) is 0 Å². The van der Waals surface area contributed by atoms with E-state index in [1.165, 1.54) is 70.8 Å². The van der Waals surface area contributed by atoms with E-state index in [9.17, 15) is 22.8 Å². The van der Waals surface area contributed by atoms with Crippen molar-refractivity contribution in [3.8, 4) is 0 Å². The first-order valence-electron chi connectivity index (χ1n) is 11.9. The van der Waals surface area contributed by atoms with E-state index >= 15 is 0 Å². The molecule has 0 aliphatic carbocycles. The lowest BCUT2D eigenvalue weighted by Crippen LogP contribution is -2.39. The molecule has 1 N–H and O–H groups in total. The minimum Gasteiger partial charge on any atom is -0.464 e. The summed E-state index contributed by atoms with van der Waals surface area (Å²) in [7, 11) is 0. The van der Waals surface area contributed by atoms with Gasteiger partial charge in [0.05, 0.1) is 12.2 Å². The van der Waals surface area contributed by atoms with Gasteiger partial charge in [-0.3, -0.25) is 4.79 Å². The van der Waals surface area contributed by atoms with Crippen LogP contribution in [-0.2, 0) is 15.7 Å². The van der Waals surface area contributed by atoms with Crippen LogP contribution in [0.4, 0.5) is 13.2 Å². The van der Waals surface area contributed by atoms with Crippen molar-refractivity contribution in [2.24, 2.45) is 0 Å². The Bertz CT molecular complexity index is 677. The number of rotatable bonds is 16. The van der Waals surface area contributed by atoms with Gasteiger partial charge in [0.1, 0.15) is 6.04 Å². The molecule has 0 radical (unpaired) electrons. The summed E-state index contributed by atoms with van der Waals surface area (Å²) in [4.78, 5) is 24.2. The topological polar surface area (TPSA) is 55.4 Å². The molecule has 1 aromatic rings. The van der Waals surface area contributed by atoms with Crippen molar-refractivity contribution in [3.63, 3.8) is 0 Å². The number of benzene rings is 1. The molecule has 1 amide bonds. The third-order valence-corrected chi connectivity index (χ3v) is 5.40. The highest BCUT2D eigenvalue weighted by molar-refractivity contribution is 5.96. The van der Waals surface area contributed by atoms with E-state index in [1.54, 1.807) is 0 Å². The lowest BCUT2D eigenvalue weighted by molar-refractivity contribution is -0.145. The van der Waals surface area contributed by atoms with E-state index in [4.69, 9.17) is 4.74 Å². The van der Waals surface area contributed by atoms with Gasteiger partial charge in [-0.2, -0.15) is 13.2 Å². The van der Waals surface area contributed by atoms with Gasteiger partial charge in [-0.1, -0.05) is 83.6 Å². The molecule has 1 rings (SSSR count). The maximum absolute atomic E-state index is 12.8. The number of hydrogen-bond donors (Lipinski definition) is 1. The SMILES string of the molecule is CCCCCCCCCCCCCCOC(=O)C(C)NC(=O)c1cccc(C(F)(F)F)c1. The predicted octanol–water partition coefficient (Wildman–Crippen LogP) is 7.07. The standard InChI is InChI=1S/C25H38F3NO3/c1-3-4-5-6-7-8-9-10-11-12-13-14-18-32-24(31)20(2)29-23(30)21-16-15-17-22(19-21)25(26,27)28/h15-17,19-20H,3-14,18H2,1-2H3,(H,29,30). The molecule has 1 atom stereocenters. The molecule has 0 aromatic heterocycles. The van der Waals surface area contributed by atoms with Crippen LogP contribution in [-0.4, -0.2) is 24.5 Å². The zero-order valence-corrected chi connectivity index (χ0v) is 19.4. The zero-order valence-electron chi connectivity index (χ0n) is 19.4. The molecule has 0 aliphatic heterocycles. The molecule has 0 aliphatic rings. The van der Waals surface area contributed by atoms with E-state index in [-0.39, 0.29) is 12.2 Å². The van der Waals surface area contributed by atoms with Gasteiger partial charge >= 0.3 is 12.1 Å². The summed E-state index contributed by atoms with van der Waals surface area (Å²) >= 11 is 0. The normalized spacial score (nSPS) is 12.4. The van der Waals surface area contributed by atoms with Gasteiger partial charge in [-0.05, 0) is 31.5 Å². The van der Waals surface area contributed by atoms with Crippen molar-refractivity contribution in [1.82, 2.24) is 5.32 Å². The van der Waals surface area contributed by atoms with Crippen LogP contribution in [0.25, 0.3) is 0 Å². The van der Waals surface area contributed by atoms with Gasteiger partial charge in [0.15, 0.2) is 0 Å². The fraction of sp³-hybridized carbons (Fsp3) is 0.680. The number of carbonyl (C=O) groups excluding carboxylic acids is 2. The van der Waals surface area contributed by atoms with Crippen LogP contribution in [0.5, 0.6) is 0 Å². The Kier molecular flexibility index (Phi) is 13.7. The molecule has 0 bridgehead atoms. The number of carbonyl (C=O) groups is 2. The van der Waals surface area contributed by atoms with Gasteiger partial charge in [0, 0.05) is 5.56 Å². The van der Waals surface area contributed by atoms with Crippen molar-refractivity contribution in [3.05, 3.63) is 35.4 Å². The summed E-state index contributed by atoms with van der Waals surface area (Å²) in [5, 5.41) is 2.39. The number of alkyl halides is 3. The fourth-order valence-corrected chi connectivity index (χ4v) is 3.42. The maximum atomic E-state index is 12.8. The Morgan fingerprint density at radius 3 is 1.97 bits per heavy atom. The molecule has 0 heterocycles. The van der Waals surface area contributed by atoms with E-state index < -0.39 is 29.7 Å². The van der Waals surface area contributed by atoms with Gasteiger partial charge in [-0.25, -0.2) is 4.79 Å². The summed E-state index contributed by atoms with van der Waals surface area (Å²) in [6.45, 7) is 3.96. The Hall–Kier alpha value is -2.05. The fourth-order valence-electron chi connectivity index (χ4n) is 3.42. The molecule has 0 spiro atoms. The van der Waals surface area contributed by atoms with Gasteiger partial charge in [0.25, 0.3) is 5.91 Å². The van der Waals surface area contributed by atoms with E-state index in [0.29, 0.717) is 0 Å². The summed E-state index contributed by atoms with van der Waals surface area (Å²) in [6.07, 6.45) is 9.98. The number of hydrogen-bond acceptors (Lipinski definition) is 3. The first-order valence-corrected chi connectivity index (χ1v) is 11.9. The monoisotopic (exact) mass is 457 g/mol. The molecule has 0 saturated heterocycles.